The van der Waals surface area contributed by atoms with Crippen LogP contribution in [0.1, 0.15) is 65.7 Å². The number of primary amides is 1. The lowest BCUT2D eigenvalue weighted by atomic mass is 10.1. The summed E-state index contributed by atoms with van der Waals surface area (Å²) >= 11 is 0. The summed E-state index contributed by atoms with van der Waals surface area (Å²) in [7, 11) is 0. The lowest BCUT2D eigenvalue weighted by Gasteiger charge is -2.31. The smallest absolute Gasteiger partial charge is 0.306 e. The second-order valence-corrected chi connectivity index (χ2v) is 7.96. The second kappa shape index (κ2) is 13.0. The van der Waals surface area contributed by atoms with Gasteiger partial charge >= 0.3 is 17.9 Å². The van der Waals surface area contributed by atoms with Crippen molar-refractivity contribution in [1.29, 1.82) is 0 Å². The van der Waals surface area contributed by atoms with Crippen LogP contribution in [0.15, 0.2) is 24.0 Å². The minimum atomic E-state index is -1.01. The van der Waals surface area contributed by atoms with Crippen LogP contribution in [-0.4, -0.2) is 59.9 Å². The molecule has 0 unspecified atom stereocenters. The number of allylic oxidation sites excluding steroid dienone is 1. The van der Waals surface area contributed by atoms with Gasteiger partial charge in [0.15, 0.2) is 18.4 Å². The summed E-state index contributed by atoms with van der Waals surface area (Å²) in [5, 5.41) is 0. The fourth-order valence-electron chi connectivity index (χ4n) is 3.53. The molecule has 2 rings (SSSR count). The van der Waals surface area contributed by atoms with Gasteiger partial charge in [-0.1, -0.05) is 26.8 Å². The topological polar surface area (TPSA) is 134 Å². The van der Waals surface area contributed by atoms with Gasteiger partial charge in [-0.3, -0.25) is 19.2 Å². The van der Waals surface area contributed by atoms with E-state index in [2.05, 4.69) is 0 Å². The predicted molar refractivity (Wildman–Crippen MR) is 117 cm³/mol. The van der Waals surface area contributed by atoms with E-state index in [1.54, 1.807) is 17.2 Å². The van der Waals surface area contributed by atoms with E-state index < -0.39 is 48.4 Å². The Kier molecular flexibility index (Phi) is 10.4. The highest BCUT2D eigenvalue weighted by molar-refractivity contribution is 5.92. The van der Waals surface area contributed by atoms with Crippen LogP contribution in [0, 0.1) is 0 Å². The summed E-state index contributed by atoms with van der Waals surface area (Å²) in [4.78, 5) is 49.9. The fourth-order valence-corrected chi connectivity index (χ4v) is 3.53. The van der Waals surface area contributed by atoms with Crippen LogP contribution in [0.3, 0.4) is 0 Å². The van der Waals surface area contributed by atoms with Gasteiger partial charge in [0.25, 0.3) is 0 Å². The first-order chi connectivity index (χ1) is 15.8. The number of carbonyl (C=O) groups is 4. The van der Waals surface area contributed by atoms with Crippen LogP contribution in [0.4, 0.5) is 0 Å². The second-order valence-electron chi connectivity index (χ2n) is 7.96. The van der Waals surface area contributed by atoms with Crippen LogP contribution in [-0.2, 0) is 38.1 Å². The van der Waals surface area contributed by atoms with E-state index in [0.29, 0.717) is 31.3 Å². The third-order valence-corrected chi connectivity index (χ3v) is 5.12. The fraction of sp³-hybridized carbons (Fsp3) is 0.652. The highest BCUT2D eigenvalue weighted by Crippen LogP contribution is 2.32. The molecule has 0 radical (unpaired) electrons. The molecular weight excluding hydrogens is 432 g/mol. The first-order valence-electron chi connectivity index (χ1n) is 11.4. The molecule has 10 heteroatoms. The average molecular weight is 467 g/mol. The van der Waals surface area contributed by atoms with Crippen LogP contribution < -0.4 is 5.73 Å². The number of ether oxygens (including phenoxy) is 4. The number of esters is 3. The van der Waals surface area contributed by atoms with Crippen molar-refractivity contribution in [2.75, 3.05) is 6.61 Å². The van der Waals surface area contributed by atoms with Crippen LogP contribution in [0.25, 0.3) is 0 Å². The molecule has 10 nitrogen and oxygen atoms in total. The van der Waals surface area contributed by atoms with Gasteiger partial charge in [0, 0.05) is 37.2 Å². The van der Waals surface area contributed by atoms with E-state index in [0.717, 1.165) is 0 Å². The van der Waals surface area contributed by atoms with E-state index in [-0.39, 0.29) is 25.9 Å². The third-order valence-electron chi connectivity index (χ3n) is 5.12. The zero-order valence-corrected chi connectivity index (χ0v) is 19.5. The van der Waals surface area contributed by atoms with E-state index in [1.807, 2.05) is 20.8 Å². The van der Waals surface area contributed by atoms with Crippen molar-refractivity contribution >= 4 is 23.8 Å². The maximum absolute atomic E-state index is 12.4. The molecule has 0 aliphatic carbocycles. The summed E-state index contributed by atoms with van der Waals surface area (Å²) in [6.45, 7) is 5.36. The Morgan fingerprint density at radius 1 is 0.970 bits per heavy atom. The number of nitrogens with two attached hydrogens (primary N) is 1. The van der Waals surface area contributed by atoms with E-state index in [4.69, 9.17) is 24.7 Å². The normalized spacial score (nSPS) is 24.2. The number of hydrogen-bond donors (Lipinski definition) is 1. The molecular formula is C23H34N2O8. The van der Waals surface area contributed by atoms with Gasteiger partial charge in [-0.25, -0.2) is 0 Å². The molecule has 0 aromatic carbocycles. The molecule has 2 N–H and O–H groups in total. The molecule has 4 atom stereocenters. The summed E-state index contributed by atoms with van der Waals surface area (Å²) in [6.07, 6.45) is 3.85. The van der Waals surface area contributed by atoms with E-state index in [1.165, 1.54) is 6.20 Å². The van der Waals surface area contributed by atoms with Gasteiger partial charge < -0.3 is 29.6 Å². The molecule has 1 amide bonds. The summed E-state index contributed by atoms with van der Waals surface area (Å²) in [6, 6.07) is 0. The molecule has 0 aromatic rings. The Balaban J connectivity index is 2.33. The molecule has 1 fully saturated rings. The zero-order valence-electron chi connectivity index (χ0n) is 19.5. The average Bonchev–Trinajstić information content (AvgIpc) is 3.09. The van der Waals surface area contributed by atoms with Crippen molar-refractivity contribution in [3.05, 3.63) is 24.0 Å². The molecule has 0 bridgehead atoms. The Bertz CT molecular complexity index is 778. The van der Waals surface area contributed by atoms with Crippen LogP contribution >= 0.6 is 0 Å². The van der Waals surface area contributed by atoms with Crippen molar-refractivity contribution in [2.45, 2.75) is 90.3 Å². The van der Waals surface area contributed by atoms with Gasteiger partial charge in [-0.2, -0.15) is 0 Å². The molecule has 184 valence electrons. The van der Waals surface area contributed by atoms with Crippen molar-refractivity contribution < 1.29 is 38.1 Å². The van der Waals surface area contributed by atoms with Crippen LogP contribution in [0.2, 0.25) is 0 Å². The lowest BCUT2D eigenvalue weighted by molar-refractivity contribution is -0.169. The monoisotopic (exact) mass is 466 g/mol. The SMILES string of the molecule is CCCC(=O)OC[C@H]1O[C@@H](N2C=CCC(C(N)=O)=C2)[C@H](OC(=O)CCC)[C@@H]1OC(=O)CCC. The third kappa shape index (κ3) is 7.59. The number of rotatable bonds is 12. The Morgan fingerprint density at radius 3 is 2.12 bits per heavy atom. The Labute approximate surface area is 194 Å². The van der Waals surface area contributed by atoms with Gasteiger partial charge in [0.05, 0.1) is 0 Å². The maximum atomic E-state index is 12.4. The minimum Gasteiger partial charge on any atom is -0.463 e. The lowest BCUT2D eigenvalue weighted by Crippen LogP contribution is -2.45. The zero-order chi connectivity index (χ0) is 24.4. The quantitative estimate of drug-likeness (QED) is 0.339. The first kappa shape index (κ1) is 26.4. The molecule has 0 saturated carbocycles. The van der Waals surface area contributed by atoms with Gasteiger partial charge in [0.1, 0.15) is 12.7 Å². The van der Waals surface area contributed by atoms with Crippen molar-refractivity contribution in [3.8, 4) is 0 Å². The van der Waals surface area contributed by atoms with Crippen molar-refractivity contribution in [3.63, 3.8) is 0 Å². The molecule has 1 saturated heterocycles. The molecule has 2 aliphatic heterocycles. The number of carbonyl (C=O) groups excluding carboxylic acids is 4. The highest BCUT2D eigenvalue weighted by atomic mass is 16.7. The van der Waals surface area contributed by atoms with Crippen molar-refractivity contribution in [2.24, 2.45) is 5.73 Å². The van der Waals surface area contributed by atoms with Crippen LogP contribution in [0.5, 0.6) is 0 Å². The molecule has 2 aliphatic rings. The summed E-state index contributed by atoms with van der Waals surface area (Å²) < 4.78 is 22.7. The van der Waals surface area contributed by atoms with Gasteiger partial charge in [0.2, 0.25) is 5.91 Å². The van der Waals surface area contributed by atoms with Crippen molar-refractivity contribution in [1.82, 2.24) is 4.90 Å². The Morgan fingerprint density at radius 2 is 1.55 bits per heavy atom. The number of hydrogen-bond acceptors (Lipinski definition) is 9. The van der Waals surface area contributed by atoms with E-state index >= 15 is 0 Å². The first-order valence-corrected chi connectivity index (χ1v) is 11.4. The largest absolute Gasteiger partial charge is 0.463 e. The summed E-state index contributed by atoms with van der Waals surface area (Å²) in [5.41, 5.74) is 5.77. The highest BCUT2D eigenvalue weighted by Gasteiger charge is 2.52. The van der Waals surface area contributed by atoms with E-state index in [9.17, 15) is 19.2 Å². The predicted octanol–water partition coefficient (Wildman–Crippen LogP) is 2.07. The van der Waals surface area contributed by atoms with Gasteiger partial charge in [-0.15, -0.1) is 0 Å². The molecule has 2 heterocycles. The molecule has 33 heavy (non-hydrogen) atoms. The minimum absolute atomic E-state index is 0.174. The maximum Gasteiger partial charge on any atom is 0.306 e. The molecule has 0 aromatic heterocycles. The number of amides is 1. The standard InChI is InChI=1S/C23H34N2O8/c1-4-8-17(26)30-14-16-20(32-18(27)9-5-2)21(33-19(28)10-6-3)23(31-16)25-12-7-11-15(13-25)22(24)29/h7,12-13,16,20-21,23H,4-6,8-11,14H2,1-3H3,(H2,24,29)/t16-,20-,21-,23-/m1/s1. The summed E-state index contributed by atoms with van der Waals surface area (Å²) in [5.74, 6) is -1.94. The molecule has 0 spiro atoms. The van der Waals surface area contributed by atoms with Gasteiger partial charge in [-0.05, 0) is 25.7 Å². The number of nitrogens with zero attached hydrogens (tertiary/aromatic N) is 1. The Hall–Kier alpha value is -2.88.